The van der Waals surface area contributed by atoms with E-state index in [-0.39, 0.29) is 21.7 Å². The van der Waals surface area contributed by atoms with Gasteiger partial charge in [-0.1, -0.05) is 24.6 Å². The van der Waals surface area contributed by atoms with Gasteiger partial charge in [0.05, 0.1) is 16.1 Å². The van der Waals surface area contributed by atoms with Crippen molar-refractivity contribution >= 4 is 17.4 Å². The summed E-state index contributed by atoms with van der Waals surface area (Å²) in [7, 11) is 0. The highest BCUT2D eigenvalue weighted by molar-refractivity contribution is 6.35. The van der Waals surface area contributed by atoms with E-state index >= 15 is 0 Å². The van der Waals surface area contributed by atoms with Crippen molar-refractivity contribution in [1.82, 2.24) is 9.97 Å². The number of ketones is 1. The minimum Gasteiger partial charge on any atom is -0.324 e. The molecule has 4 nitrogen and oxygen atoms in total. The Bertz CT molecular complexity index is 634. The molecule has 0 unspecified atom stereocenters. The van der Waals surface area contributed by atoms with E-state index in [0.29, 0.717) is 6.42 Å². The molecule has 0 saturated heterocycles. The molecule has 0 fully saturated rings. The van der Waals surface area contributed by atoms with Gasteiger partial charge < -0.3 is 5.73 Å². The van der Waals surface area contributed by atoms with Crippen LogP contribution in [0.15, 0.2) is 30.9 Å². The molecule has 2 N–H and O–H groups in total. The van der Waals surface area contributed by atoms with Crippen LogP contribution >= 0.6 is 11.6 Å². The van der Waals surface area contributed by atoms with Crippen LogP contribution in [0.1, 0.15) is 40.9 Å². The Labute approximate surface area is 120 Å². The number of aromatic nitrogens is 2. The average molecular weight is 294 g/mol. The van der Waals surface area contributed by atoms with Gasteiger partial charge in [0.1, 0.15) is 12.1 Å². The van der Waals surface area contributed by atoms with Crippen molar-refractivity contribution in [2.75, 3.05) is 0 Å². The second kappa shape index (κ2) is 6.07. The van der Waals surface area contributed by atoms with E-state index in [9.17, 15) is 9.18 Å². The summed E-state index contributed by atoms with van der Waals surface area (Å²) in [5.74, 6) is -1.24. The first kappa shape index (κ1) is 14.6. The molecule has 20 heavy (non-hydrogen) atoms. The lowest BCUT2D eigenvalue weighted by atomic mass is 9.97. The Balaban J connectivity index is 2.54. The summed E-state index contributed by atoms with van der Waals surface area (Å²) in [6.45, 7) is 1.84. The molecular weight excluding hydrogens is 281 g/mol. The fraction of sp³-hybridized carbons (Fsp3) is 0.214. The zero-order valence-corrected chi connectivity index (χ0v) is 11.6. The van der Waals surface area contributed by atoms with Crippen LogP contribution in [0.5, 0.6) is 0 Å². The Morgan fingerprint density at radius 2 is 2.05 bits per heavy atom. The zero-order valence-electron chi connectivity index (χ0n) is 10.8. The Morgan fingerprint density at radius 3 is 2.65 bits per heavy atom. The molecule has 0 saturated carbocycles. The quantitative estimate of drug-likeness (QED) is 0.880. The van der Waals surface area contributed by atoms with Crippen molar-refractivity contribution < 1.29 is 9.18 Å². The first-order valence-electron chi connectivity index (χ1n) is 6.09. The van der Waals surface area contributed by atoms with Crippen LogP contribution in [0.2, 0.25) is 5.02 Å². The van der Waals surface area contributed by atoms with Crippen LogP contribution < -0.4 is 5.73 Å². The van der Waals surface area contributed by atoms with Crippen molar-refractivity contribution in [2.24, 2.45) is 5.73 Å². The molecule has 0 radical (unpaired) electrons. The van der Waals surface area contributed by atoms with E-state index in [1.165, 1.54) is 30.9 Å². The predicted molar refractivity (Wildman–Crippen MR) is 74.1 cm³/mol. The maximum atomic E-state index is 14.5. The lowest BCUT2D eigenvalue weighted by Gasteiger charge is -2.14. The third-order valence-electron chi connectivity index (χ3n) is 3.01. The Hall–Kier alpha value is -1.85. The second-order valence-corrected chi connectivity index (χ2v) is 4.70. The van der Waals surface area contributed by atoms with Crippen LogP contribution in [0, 0.1) is 5.82 Å². The number of carbonyl (C=O) groups is 1. The molecule has 2 aromatic rings. The van der Waals surface area contributed by atoms with Gasteiger partial charge in [-0.15, -0.1) is 0 Å². The number of hydrogen-bond acceptors (Lipinski definition) is 4. The maximum absolute atomic E-state index is 14.5. The number of hydrogen-bond donors (Lipinski definition) is 1. The van der Waals surface area contributed by atoms with Crippen molar-refractivity contribution in [3.05, 3.63) is 58.4 Å². The number of benzene rings is 1. The minimum absolute atomic E-state index is 0.0448. The molecule has 1 heterocycles. The fourth-order valence-corrected chi connectivity index (χ4v) is 2.08. The largest absolute Gasteiger partial charge is 0.324 e. The highest BCUT2D eigenvalue weighted by atomic mass is 35.5. The van der Waals surface area contributed by atoms with Gasteiger partial charge in [-0.2, -0.15) is 0 Å². The zero-order chi connectivity index (χ0) is 14.7. The molecular formula is C14H13ClFN3O. The van der Waals surface area contributed by atoms with Gasteiger partial charge in [0, 0.05) is 24.0 Å². The molecule has 1 aromatic heterocycles. The minimum atomic E-state index is -0.680. The second-order valence-electron chi connectivity index (χ2n) is 4.30. The third-order valence-corrected chi connectivity index (χ3v) is 3.33. The van der Waals surface area contributed by atoms with E-state index in [1.807, 2.05) is 6.92 Å². The van der Waals surface area contributed by atoms with Crippen LogP contribution in [0.3, 0.4) is 0 Å². The lowest BCUT2D eigenvalue weighted by molar-refractivity contribution is 0.103. The van der Waals surface area contributed by atoms with Gasteiger partial charge in [-0.25, -0.2) is 14.4 Å². The summed E-state index contributed by atoms with van der Waals surface area (Å²) in [4.78, 5) is 19.8. The van der Waals surface area contributed by atoms with Crippen LogP contribution in [-0.2, 0) is 0 Å². The molecule has 0 aliphatic rings. The van der Waals surface area contributed by atoms with Crippen molar-refractivity contribution in [3.63, 3.8) is 0 Å². The highest BCUT2D eigenvalue weighted by Crippen LogP contribution is 2.28. The van der Waals surface area contributed by atoms with Gasteiger partial charge in [-0.05, 0) is 12.5 Å². The van der Waals surface area contributed by atoms with Gasteiger partial charge in [0.25, 0.3) is 0 Å². The molecule has 0 aliphatic carbocycles. The van der Waals surface area contributed by atoms with E-state index in [0.717, 1.165) is 0 Å². The summed E-state index contributed by atoms with van der Waals surface area (Å²) >= 11 is 5.95. The third kappa shape index (κ3) is 2.69. The smallest absolute Gasteiger partial charge is 0.200 e. The SMILES string of the molecule is CC[C@@H](N)c1ccc(Cl)c(C(=O)c2cncnc2)c1F. The van der Waals surface area contributed by atoms with Gasteiger partial charge >= 0.3 is 0 Å². The maximum Gasteiger partial charge on any atom is 0.200 e. The fourth-order valence-electron chi connectivity index (χ4n) is 1.84. The summed E-state index contributed by atoms with van der Waals surface area (Å²) < 4.78 is 14.5. The van der Waals surface area contributed by atoms with E-state index in [2.05, 4.69) is 9.97 Å². The van der Waals surface area contributed by atoms with E-state index in [1.54, 1.807) is 0 Å². The van der Waals surface area contributed by atoms with Crippen LogP contribution in [-0.4, -0.2) is 15.8 Å². The molecule has 0 aliphatic heterocycles. The van der Waals surface area contributed by atoms with Crippen molar-refractivity contribution in [3.8, 4) is 0 Å². The first-order chi connectivity index (χ1) is 9.56. The number of rotatable bonds is 4. The molecule has 0 amide bonds. The Kier molecular flexibility index (Phi) is 4.42. The molecule has 6 heteroatoms. The summed E-state index contributed by atoms with van der Waals surface area (Å²) in [6, 6.07) is 2.50. The predicted octanol–water partition coefficient (Wildman–Crippen LogP) is 2.91. The number of nitrogens with zero attached hydrogens (tertiary/aromatic N) is 2. The lowest BCUT2D eigenvalue weighted by Crippen LogP contribution is -2.15. The van der Waals surface area contributed by atoms with Crippen LogP contribution in [0.4, 0.5) is 4.39 Å². The summed E-state index contributed by atoms with van der Waals surface area (Å²) in [5, 5.41) is 0.0448. The number of carbonyl (C=O) groups excluding carboxylic acids is 1. The Morgan fingerprint density at radius 1 is 1.40 bits per heavy atom. The average Bonchev–Trinajstić information content (AvgIpc) is 2.47. The number of halogens is 2. The highest BCUT2D eigenvalue weighted by Gasteiger charge is 2.22. The molecule has 0 bridgehead atoms. The van der Waals surface area contributed by atoms with Crippen LogP contribution in [0.25, 0.3) is 0 Å². The van der Waals surface area contributed by atoms with Crippen molar-refractivity contribution in [2.45, 2.75) is 19.4 Å². The normalized spacial score (nSPS) is 12.2. The van der Waals surface area contributed by atoms with Gasteiger partial charge in [-0.3, -0.25) is 4.79 Å². The summed E-state index contributed by atoms with van der Waals surface area (Å²) in [5.41, 5.74) is 6.09. The standard InChI is InChI=1S/C14H13ClFN3O/c1-2-11(17)9-3-4-10(15)12(13(9)16)14(20)8-5-18-7-19-6-8/h3-7,11H,2,17H2,1H3/t11-/m1/s1. The topological polar surface area (TPSA) is 68.9 Å². The molecule has 1 aromatic carbocycles. The van der Waals surface area contributed by atoms with E-state index < -0.39 is 17.6 Å². The van der Waals surface area contributed by atoms with Gasteiger partial charge in [0.15, 0.2) is 0 Å². The molecule has 0 spiro atoms. The molecule has 2 rings (SSSR count). The number of nitrogens with two attached hydrogens (primary N) is 1. The monoisotopic (exact) mass is 293 g/mol. The molecule has 1 atom stereocenters. The van der Waals surface area contributed by atoms with Gasteiger partial charge in [0.2, 0.25) is 5.78 Å². The first-order valence-corrected chi connectivity index (χ1v) is 6.47. The van der Waals surface area contributed by atoms with E-state index in [4.69, 9.17) is 17.3 Å². The summed E-state index contributed by atoms with van der Waals surface area (Å²) in [6.07, 6.45) is 4.48. The van der Waals surface area contributed by atoms with Crippen molar-refractivity contribution in [1.29, 1.82) is 0 Å². The molecule has 104 valence electrons.